The summed E-state index contributed by atoms with van der Waals surface area (Å²) in [6, 6.07) is 19.8. The fraction of sp³-hybridized carbons (Fsp3) is 0.429. The lowest BCUT2D eigenvalue weighted by molar-refractivity contribution is 0.0765. The van der Waals surface area contributed by atoms with Gasteiger partial charge >= 0.3 is 0 Å². The molecule has 73 heavy (non-hydrogen) atoms. The van der Waals surface area contributed by atoms with Gasteiger partial charge in [-0.2, -0.15) is 0 Å². The second-order valence-corrected chi connectivity index (χ2v) is 20.9. The Bertz CT molecular complexity index is 3090. The monoisotopic (exact) mass is 1040 g/mol. The molecule has 2 aliphatic rings. The number of fused-ring (bicyclic) bond motifs is 4. The molecule has 2 saturated heterocycles. The van der Waals surface area contributed by atoms with Crippen LogP contribution in [0.5, 0.6) is 0 Å². The molecule has 2 aliphatic heterocycles. The summed E-state index contributed by atoms with van der Waals surface area (Å²) in [5, 5.41) is 7.18. The first-order valence-electron chi connectivity index (χ1n) is 26.1. The zero-order valence-electron chi connectivity index (χ0n) is 42.8. The van der Waals surface area contributed by atoms with E-state index in [1.807, 2.05) is 82.4 Å². The fourth-order valence-electron chi connectivity index (χ4n) is 9.39. The van der Waals surface area contributed by atoms with Crippen LogP contribution in [0.1, 0.15) is 98.7 Å². The molecule has 0 bridgehead atoms. The molecule has 0 radical (unpaired) electrons. The molecule has 8 heterocycles. The van der Waals surface area contributed by atoms with Gasteiger partial charge in [0.15, 0.2) is 10.0 Å². The van der Waals surface area contributed by atoms with Gasteiger partial charge in [-0.25, -0.2) is 19.9 Å². The van der Waals surface area contributed by atoms with Gasteiger partial charge in [0.2, 0.25) is 0 Å². The molecule has 2 amide bonds. The Labute approximate surface area is 442 Å². The van der Waals surface area contributed by atoms with Crippen LogP contribution in [0.3, 0.4) is 0 Å². The van der Waals surface area contributed by atoms with Gasteiger partial charge in [-0.05, 0) is 161 Å². The van der Waals surface area contributed by atoms with Crippen molar-refractivity contribution in [3.8, 4) is 22.5 Å². The van der Waals surface area contributed by atoms with Crippen molar-refractivity contribution in [1.29, 1.82) is 0 Å². The number of carbonyl (C=O) groups is 2. The number of amides is 2. The van der Waals surface area contributed by atoms with Gasteiger partial charge in [-0.1, -0.05) is 36.6 Å². The van der Waals surface area contributed by atoms with Crippen LogP contribution >= 0.6 is 34.3 Å². The van der Waals surface area contributed by atoms with Crippen molar-refractivity contribution in [3.63, 3.8) is 0 Å². The van der Waals surface area contributed by atoms with E-state index in [1.165, 1.54) is 100 Å². The number of nitrogens with zero attached hydrogens (tertiary/aromatic N) is 10. The van der Waals surface area contributed by atoms with Crippen LogP contribution in [0.2, 0.25) is 5.02 Å². The Hall–Kier alpha value is -5.75. The molecule has 0 atom stereocenters. The lowest BCUT2D eigenvalue weighted by atomic mass is 10.1. The van der Waals surface area contributed by atoms with Crippen LogP contribution in [0.25, 0.3) is 64.8 Å². The van der Waals surface area contributed by atoms with Crippen molar-refractivity contribution in [2.75, 3.05) is 83.9 Å². The quantitative estimate of drug-likeness (QED) is 0.0882. The molecule has 0 spiro atoms. The lowest BCUT2D eigenvalue weighted by Crippen LogP contribution is -2.31. The third-order valence-corrected chi connectivity index (χ3v) is 15.9. The maximum Gasteiger partial charge on any atom is 0.282 e. The molecule has 17 heteroatoms. The number of likely N-dealkylation sites (tertiary alicyclic amines) is 2. The van der Waals surface area contributed by atoms with Gasteiger partial charge in [0, 0.05) is 85.1 Å². The summed E-state index contributed by atoms with van der Waals surface area (Å²) < 4.78 is 1.95. The molecule has 0 aliphatic carbocycles. The highest BCUT2D eigenvalue weighted by atomic mass is 35.5. The zero-order chi connectivity index (χ0) is 51.1. The summed E-state index contributed by atoms with van der Waals surface area (Å²) in [6.07, 6.45) is 17.6. The van der Waals surface area contributed by atoms with Crippen LogP contribution in [0.4, 0.5) is 5.69 Å². The van der Waals surface area contributed by atoms with Crippen molar-refractivity contribution < 1.29 is 9.59 Å². The Morgan fingerprint density at radius 1 is 0.603 bits per heavy atom. The standard InChI is InChI=1S/C28H34N6OS.C20H17ClN4OS.C8H18N2/c1-3-34(4-2)28(35)27-32-23-10-9-20(17-26(23)36-27)24-18-25(21-19-29-13-11-22(21)31-24)30-12-8-16-33-14-6-5-7-15-33;1-3-25(4-2)20(26)19-24-16-6-5-12(9-18(16)27-19)17-10-14(21)13-11-22-8-7-15(13)23-17;9-5-4-8-10-6-2-1-3-7-10/h9-11,13,17-19H,3-8,12,14-16H2,1-2H3,(H,30,31);5-11H,3-4H2,1-2H3;1-9H2. The molecule has 0 saturated carbocycles. The molecule has 0 unspecified atom stereocenters. The average Bonchev–Trinajstić information content (AvgIpc) is 4.08. The van der Waals surface area contributed by atoms with Crippen molar-refractivity contribution in [2.45, 2.75) is 79.1 Å². The van der Waals surface area contributed by atoms with E-state index in [0.717, 1.165) is 96.5 Å². The fourth-order valence-corrected chi connectivity index (χ4v) is 11.6. The molecule has 384 valence electrons. The second-order valence-electron chi connectivity index (χ2n) is 18.4. The number of hydrogen-bond donors (Lipinski definition) is 2. The number of pyridine rings is 4. The molecule has 6 aromatic heterocycles. The van der Waals surface area contributed by atoms with Crippen molar-refractivity contribution in [2.24, 2.45) is 5.73 Å². The van der Waals surface area contributed by atoms with E-state index in [4.69, 9.17) is 27.3 Å². The number of carbonyl (C=O) groups excluding carboxylic acids is 2. The third-order valence-electron chi connectivity index (χ3n) is 13.5. The number of rotatable bonds is 16. The minimum Gasteiger partial charge on any atom is -0.384 e. The number of hydrogen-bond acceptors (Lipinski definition) is 14. The zero-order valence-corrected chi connectivity index (χ0v) is 45.2. The number of nitrogens with two attached hydrogens (primary N) is 1. The molecule has 14 nitrogen and oxygen atoms in total. The number of halogens is 1. The summed E-state index contributed by atoms with van der Waals surface area (Å²) in [5.41, 5.74) is 13.5. The van der Waals surface area contributed by atoms with Gasteiger partial charge < -0.3 is 30.7 Å². The Kier molecular flexibility index (Phi) is 19.4. The second kappa shape index (κ2) is 26.5. The maximum atomic E-state index is 12.8. The summed E-state index contributed by atoms with van der Waals surface area (Å²) in [4.78, 5) is 61.2. The van der Waals surface area contributed by atoms with E-state index < -0.39 is 0 Å². The van der Waals surface area contributed by atoms with Crippen molar-refractivity contribution in [3.05, 3.63) is 100 Å². The number of thiazole rings is 2. The van der Waals surface area contributed by atoms with Gasteiger partial charge in [-0.15, -0.1) is 22.7 Å². The van der Waals surface area contributed by atoms with Crippen molar-refractivity contribution in [1.82, 2.24) is 49.5 Å². The largest absolute Gasteiger partial charge is 0.384 e. The Balaban J connectivity index is 0.000000168. The summed E-state index contributed by atoms with van der Waals surface area (Å²) >= 11 is 9.26. The first kappa shape index (κ1) is 53.5. The van der Waals surface area contributed by atoms with Crippen LogP contribution in [-0.4, -0.2) is 140 Å². The van der Waals surface area contributed by atoms with E-state index in [2.05, 4.69) is 47.2 Å². The number of anilines is 1. The van der Waals surface area contributed by atoms with E-state index in [0.29, 0.717) is 41.2 Å². The topological polar surface area (TPSA) is 162 Å². The SMILES string of the molecule is CCN(CC)C(=O)c1nc2ccc(-c3cc(Cl)c4cnccc4n3)cc2s1.CCN(CC)C(=O)c1nc2ccc(-c3cc(NCCCN4CCCCC4)c4cnccc4n3)cc2s1.NCCCN1CCCCC1. The highest BCUT2D eigenvalue weighted by Gasteiger charge is 2.20. The van der Waals surface area contributed by atoms with Crippen molar-refractivity contribution >= 4 is 94.0 Å². The summed E-state index contributed by atoms with van der Waals surface area (Å²) in [7, 11) is 0. The van der Waals surface area contributed by atoms with E-state index in [9.17, 15) is 9.59 Å². The molecule has 2 fully saturated rings. The molecular weight excluding hydrogens is 972 g/mol. The molecule has 2 aromatic carbocycles. The minimum atomic E-state index is -0.0258. The highest BCUT2D eigenvalue weighted by Crippen LogP contribution is 2.34. The Morgan fingerprint density at radius 3 is 1.59 bits per heavy atom. The van der Waals surface area contributed by atoms with E-state index >= 15 is 0 Å². The average molecular weight is 1040 g/mol. The lowest BCUT2D eigenvalue weighted by Gasteiger charge is -2.26. The number of piperidine rings is 2. The number of nitrogens with one attached hydrogen (secondary N) is 1. The van der Waals surface area contributed by atoms with E-state index in [1.54, 1.807) is 28.4 Å². The normalized spacial score (nSPS) is 14.2. The van der Waals surface area contributed by atoms with Gasteiger partial charge in [-0.3, -0.25) is 19.6 Å². The van der Waals surface area contributed by atoms with Crippen LogP contribution in [0, 0.1) is 0 Å². The maximum absolute atomic E-state index is 12.8. The van der Waals surface area contributed by atoms with Crippen LogP contribution in [0.15, 0.2) is 85.5 Å². The van der Waals surface area contributed by atoms with E-state index in [-0.39, 0.29) is 11.8 Å². The number of aromatic nitrogens is 6. The summed E-state index contributed by atoms with van der Waals surface area (Å²) in [5.74, 6) is -0.0303. The minimum absolute atomic E-state index is 0.00452. The molecular formula is C56H69ClN12O2S2. The third kappa shape index (κ3) is 13.7. The number of benzene rings is 2. The molecule has 8 aromatic rings. The van der Waals surface area contributed by atoms with Crippen LogP contribution in [-0.2, 0) is 0 Å². The van der Waals surface area contributed by atoms with Gasteiger partial charge in [0.1, 0.15) is 0 Å². The predicted molar refractivity (Wildman–Crippen MR) is 303 cm³/mol. The first-order valence-corrected chi connectivity index (χ1v) is 28.1. The van der Waals surface area contributed by atoms with Gasteiger partial charge in [0.25, 0.3) is 11.8 Å². The summed E-state index contributed by atoms with van der Waals surface area (Å²) in [6.45, 7) is 19.8. The first-order chi connectivity index (χ1) is 35.7. The smallest absolute Gasteiger partial charge is 0.282 e. The van der Waals surface area contributed by atoms with Crippen LogP contribution < -0.4 is 11.1 Å². The predicted octanol–water partition coefficient (Wildman–Crippen LogP) is 11.5. The Morgan fingerprint density at radius 2 is 1.08 bits per heavy atom. The molecule has 10 rings (SSSR count). The molecule has 3 N–H and O–H groups in total. The van der Waals surface area contributed by atoms with Gasteiger partial charge in [0.05, 0.1) is 47.9 Å². The highest BCUT2D eigenvalue weighted by molar-refractivity contribution is 7.20.